The molecule has 1 amide bonds. The lowest BCUT2D eigenvalue weighted by Gasteiger charge is -2.07. The smallest absolute Gasteiger partial charge is 0.295 e. The number of para-hydroxylation sites is 2. The molecule has 3 aromatic rings. The van der Waals surface area contributed by atoms with Gasteiger partial charge in [-0.25, -0.2) is 4.68 Å². The molecule has 1 heterocycles. The highest BCUT2D eigenvalue weighted by atomic mass is 16.6. The first-order valence-electron chi connectivity index (χ1n) is 8.85. The van der Waals surface area contributed by atoms with Crippen LogP contribution in [0.2, 0.25) is 0 Å². The number of amides is 1. The van der Waals surface area contributed by atoms with Gasteiger partial charge in [0, 0.05) is 13.1 Å². The van der Waals surface area contributed by atoms with Gasteiger partial charge in [-0.1, -0.05) is 30.3 Å². The minimum absolute atomic E-state index is 0.0232. The number of benzene rings is 2. The Morgan fingerprint density at radius 3 is 2.43 bits per heavy atom. The van der Waals surface area contributed by atoms with E-state index < -0.39 is 16.4 Å². The summed E-state index contributed by atoms with van der Waals surface area (Å²) in [6.45, 7) is 1.66. The van der Waals surface area contributed by atoms with Gasteiger partial charge in [0.05, 0.1) is 21.9 Å². The molecule has 0 saturated heterocycles. The standard InChI is InChI=1S/C21H17N5O4/c1-14-19(21(28)25(24(14)2)17-9-4-3-5-10-17)23-20(27)16(13-22)12-15-8-6-7-11-18(15)26(29)30/h3-12H,1-2H3,(H,23,27)/b16-12-. The van der Waals surface area contributed by atoms with Gasteiger partial charge in [0.15, 0.2) is 0 Å². The van der Waals surface area contributed by atoms with Crippen LogP contribution in [0.3, 0.4) is 0 Å². The van der Waals surface area contributed by atoms with Crippen molar-refractivity contribution in [1.82, 2.24) is 9.36 Å². The quantitative estimate of drug-likeness (QED) is 0.304. The molecule has 9 heteroatoms. The van der Waals surface area contributed by atoms with Crippen molar-refractivity contribution in [2.75, 3.05) is 5.32 Å². The van der Waals surface area contributed by atoms with E-state index >= 15 is 0 Å². The average molecular weight is 403 g/mol. The monoisotopic (exact) mass is 403 g/mol. The summed E-state index contributed by atoms with van der Waals surface area (Å²) in [5.41, 5.74) is 0.177. The van der Waals surface area contributed by atoms with E-state index in [0.717, 1.165) is 6.08 Å². The lowest BCUT2D eigenvalue weighted by molar-refractivity contribution is -0.385. The lowest BCUT2D eigenvalue weighted by atomic mass is 10.1. The van der Waals surface area contributed by atoms with Crippen molar-refractivity contribution in [2.45, 2.75) is 6.92 Å². The van der Waals surface area contributed by atoms with Gasteiger partial charge in [0.25, 0.3) is 17.2 Å². The molecule has 0 fully saturated rings. The zero-order valence-electron chi connectivity index (χ0n) is 16.2. The summed E-state index contributed by atoms with van der Waals surface area (Å²) in [5.74, 6) is -0.832. The van der Waals surface area contributed by atoms with Crippen LogP contribution in [-0.4, -0.2) is 20.2 Å². The number of carbonyl (C=O) groups is 1. The van der Waals surface area contributed by atoms with Crippen LogP contribution in [0.1, 0.15) is 11.3 Å². The average Bonchev–Trinajstić information content (AvgIpc) is 2.95. The largest absolute Gasteiger partial charge is 0.315 e. The van der Waals surface area contributed by atoms with Crippen molar-refractivity contribution < 1.29 is 9.72 Å². The van der Waals surface area contributed by atoms with Gasteiger partial charge in [0.1, 0.15) is 17.3 Å². The molecule has 9 nitrogen and oxygen atoms in total. The Kier molecular flexibility index (Phi) is 5.60. The normalized spacial score (nSPS) is 11.0. The number of nitrogens with zero attached hydrogens (tertiary/aromatic N) is 4. The zero-order chi connectivity index (χ0) is 21.8. The van der Waals surface area contributed by atoms with E-state index in [0.29, 0.717) is 11.4 Å². The minimum Gasteiger partial charge on any atom is -0.315 e. The van der Waals surface area contributed by atoms with Crippen LogP contribution in [-0.2, 0) is 11.8 Å². The molecule has 2 aromatic carbocycles. The van der Waals surface area contributed by atoms with Gasteiger partial charge in [-0.2, -0.15) is 5.26 Å². The molecule has 150 valence electrons. The Morgan fingerprint density at radius 2 is 1.80 bits per heavy atom. The van der Waals surface area contributed by atoms with E-state index in [1.54, 1.807) is 55.1 Å². The Bertz CT molecular complexity index is 1260. The third-order valence-electron chi connectivity index (χ3n) is 4.59. The van der Waals surface area contributed by atoms with Gasteiger partial charge in [-0.3, -0.25) is 24.4 Å². The van der Waals surface area contributed by atoms with E-state index in [4.69, 9.17) is 0 Å². The molecule has 0 aliphatic rings. The van der Waals surface area contributed by atoms with Crippen molar-refractivity contribution >= 4 is 23.4 Å². The summed E-state index contributed by atoms with van der Waals surface area (Å²) in [5, 5.41) is 23.0. The van der Waals surface area contributed by atoms with Gasteiger partial charge in [-0.05, 0) is 31.2 Å². The summed E-state index contributed by atoms with van der Waals surface area (Å²) in [4.78, 5) is 36.1. The SMILES string of the molecule is Cc1c(NC(=O)/C(C#N)=C\c2ccccc2[N+](=O)[O-])c(=O)n(-c2ccccc2)n1C. The van der Waals surface area contributed by atoms with E-state index in [1.807, 2.05) is 6.07 Å². The molecule has 0 radical (unpaired) electrons. The minimum atomic E-state index is -0.832. The predicted molar refractivity (Wildman–Crippen MR) is 111 cm³/mol. The number of carbonyl (C=O) groups excluding carboxylic acids is 1. The second kappa shape index (κ2) is 8.28. The number of nitrogens with one attached hydrogen (secondary N) is 1. The fourth-order valence-corrected chi connectivity index (χ4v) is 2.97. The van der Waals surface area contributed by atoms with Gasteiger partial charge in [-0.15, -0.1) is 0 Å². The molecule has 0 spiro atoms. The summed E-state index contributed by atoms with van der Waals surface area (Å²) in [7, 11) is 1.67. The second-order valence-electron chi connectivity index (χ2n) is 6.38. The van der Waals surface area contributed by atoms with E-state index in [2.05, 4.69) is 5.32 Å². The number of nitriles is 1. The molecule has 30 heavy (non-hydrogen) atoms. The highest BCUT2D eigenvalue weighted by molar-refractivity contribution is 6.10. The fourth-order valence-electron chi connectivity index (χ4n) is 2.97. The van der Waals surface area contributed by atoms with Gasteiger partial charge in [0.2, 0.25) is 0 Å². The van der Waals surface area contributed by atoms with Crippen molar-refractivity contribution in [3.8, 4) is 11.8 Å². The van der Waals surface area contributed by atoms with E-state index in [1.165, 1.54) is 22.9 Å². The molecular formula is C21H17N5O4. The summed E-state index contributed by atoms with van der Waals surface area (Å²) < 4.78 is 2.98. The maximum Gasteiger partial charge on any atom is 0.295 e. The van der Waals surface area contributed by atoms with Crippen molar-refractivity contribution in [3.05, 3.63) is 91.9 Å². The number of anilines is 1. The highest BCUT2D eigenvalue weighted by Crippen LogP contribution is 2.21. The molecule has 0 saturated carbocycles. The molecule has 1 N–H and O–H groups in total. The van der Waals surface area contributed by atoms with Crippen LogP contribution >= 0.6 is 0 Å². The Morgan fingerprint density at radius 1 is 1.17 bits per heavy atom. The Hall–Kier alpha value is -4.45. The summed E-state index contributed by atoms with van der Waals surface area (Å²) >= 11 is 0. The first kappa shape index (κ1) is 20.3. The molecule has 0 unspecified atom stereocenters. The molecule has 0 aliphatic heterocycles. The number of nitro groups is 1. The summed E-state index contributed by atoms with van der Waals surface area (Å²) in [6.07, 6.45) is 1.13. The van der Waals surface area contributed by atoms with Crippen molar-refractivity contribution in [3.63, 3.8) is 0 Å². The summed E-state index contributed by atoms with van der Waals surface area (Å²) in [6, 6.07) is 16.4. The van der Waals surface area contributed by atoms with E-state index in [-0.39, 0.29) is 22.5 Å². The molecule has 3 rings (SSSR count). The maximum atomic E-state index is 12.9. The highest BCUT2D eigenvalue weighted by Gasteiger charge is 2.21. The molecule has 1 aromatic heterocycles. The number of rotatable bonds is 5. The maximum absolute atomic E-state index is 12.9. The molecule has 0 atom stereocenters. The molecular weight excluding hydrogens is 386 g/mol. The first-order chi connectivity index (χ1) is 14.3. The second-order valence-corrected chi connectivity index (χ2v) is 6.38. The van der Waals surface area contributed by atoms with Crippen LogP contribution in [0.15, 0.2) is 65.0 Å². The van der Waals surface area contributed by atoms with Gasteiger partial charge < -0.3 is 5.32 Å². The molecule has 0 bridgehead atoms. The Balaban J connectivity index is 1.99. The topological polar surface area (TPSA) is 123 Å². The predicted octanol–water partition coefficient (Wildman–Crippen LogP) is 2.94. The zero-order valence-corrected chi connectivity index (χ0v) is 16.2. The van der Waals surface area contributed by atoms with Crippen LogP contribution in [0.25, 0.3) is 11.8 Å². The van der Waals surface area contributed by atoms with Crippen LogP contribution in [0.5, 0.6) is 0 Å². The fraction of sp³-hybridized carbons (Fsp3) is 0.0952. The third-order valence-corrected chi connectivity index (χ3v) is 4.59. The number of aromatic nitrogens is 2. The van der Waals surface area contributed by atoms with Crippen LogP contribution in [0, 0.1) is 28.4 Å². The molecule has 0 aliphatic carbocycles. The van der Waals surface area contributed by atoms with E-state index in [9.17, 15) is 25.0 Å². The Labute approximate surface area is 171 Å². The van der Waals surface area contributed by atoms with Crippen molar-refractivity contribution in [2.24, 2.45) is 7.05 Å². The number of hydrogen-bond donors (Lipinski definition) is 1. The van der Waals surface area contributed by atoms with Gasteiger partial charge >= 0.3 is 0 Å². The van der Waals surface area contributed by atoms with Crippen molar-refractivity contribution in [1.29, 1.82) is 5.26 Å². The third kappa shape index (κ3) is 3.74. The van der Waals surface area contributed by atoms with Crippen LogP contribution in [0.4, 0.5) is 11.4 Å². The van der Waals surface area contributed by atoms with Crippen LogP contribution < -0.4 is 10.9 Å². The first-order valence-corrected chi connectivity index (χ1v) is 8.85. The number of hydrogen-bond acceptors (Lipinski definition) is 5. The number of nitro benzene ring substituents is 1. The lowest BCUT2D eigenvalue weighted by Crippen LogP contribution is -2.23.